The van der Waals surface area contributed by atoms with E-state index >= 15 is 0 Å². The van der Waals surface area contributed by atoms with Crippen LogP contribution in [0, 0.1) is 25.7 Å². The molecule has 0 atom stereocenters. The molecule has 342 valence electrons. The van der Waals surface area contributed by atoms with E-state index in [2.05, 4.69) is 215 Å². The van der Waals surface area contributed by atoms with Gasteiger partial charge in [-0.15, -0.1) is 0 Å². The smallest absolute Gasteiger partial charge is 0.266 e. The van der Waals surface area contributed by atoms with Crippen LogP contribution in [0.25, 0.3) is 38.6 Å². The van der Waals surface area contributed by atoms with Crippen molar-refractivity contribution in [2.75, 3.05) is 14.7 Å². The van der Waals surface area contributed by atoms with Crippen LogP contribution in [0.3, 0.4) is 0 Å². The molecule has 0 fully saturated rings. The second-order valence-electron chi connectivity index (χ2n) is 18.0. The minimum absolute atomic E-state index is 0.312. The fourth-order valence-electron chi connectivity index (χ4n) is 10.1. The van der Waals surface area contributed by atoms with Crippen molar-refractivity contribution in [3.63, 3.8) is 0 Å². The van der Waals surface area contributed by atoms with Crippen LogP contribution in [0.5, 0.6) is 0 Å². The van der Waals surface area contributed by atoms with E-state index in [0.29, 0.717) is 16.8 Å². The number of aryl methyl sites for hydroxylation is 2. The number of imide groups is 1. The van der Waals surface area contributed by atoms with Gasteiger partial charge in [-0.05, 0) is 163 Å². The van der Waals surface area contributed by atoms with Crippen LogP contribution in [-0.4, -0.2) is 16.4 Å². The third kappa shape index (κ3) is 7.76. The zero-order chi connectivity index (χ0) is 48.7. The van der Waals surface area contributed by atoms with Crippen molar-refractivity contribution in [2.45, 2.75) is 13.8 Å². The first-order chi connectivity index (χ1) is 35.4. The summed E-state index contributed by atoms with van der Waals surface area (Å²) >= 11 is 0. The zero-order valence-corrected chi connectivity index (χ0v) is 39.7. The Morgan fingerprint density at radius 3 is 1.28 bits per heavy atom. The van der Waals surface area contributed by atoms with Gasteiger partial charge in [0.25, 0.3) is 11.8 Å². The number of nitrogens with zero attached hydrogens (tertiary/aromatic N) is 4. The number of hydrogen-bond acceptors (Lipinski definition) is 4. The molecule has 0 unspecified atom stereocenters. The number of hydrogen-bond donors (Lipinski definition) is 0. The van der Waals surface area contributed by atoms with Crippen LogP contribution >= 0.6 is 0 Å². The molecule has 0 saturated heterocycles. The van der Waals surface area contributed by atoms with Crippen LogP contribution in [-0.2, 0) is 0 Å². The summed E-state index contributed by atoms with van der Waals surface area (Å²) in [7, 11) is 0. The Morgan fingerprint density at radius 1 is 0.361 bits per heavy atom. The number of rotatable bonds is 9. The number of aromatic nitrogens is 1. The second kappa shape index (κ2) is 18.3. The lowest BCUT2D eigenvalue weighted by atomic mass is 9.94. The predicted molar refractivity (Wildman–Crippen MR) is 295 cm³/mol. The molecular formula is C66H46N4O2. The molecule has 6 heteroatoms. The quantitative estimate of drug-likeness (QED) is 0.107. The number of para-hydroxylation sites is 5. The van der Waals surface area contributed by atoms with E-state index < -0.39 is 0 Å². The summed E-state index contributed by atoms with van der Waals surface area (Å²) in [6, 6.07) is 82.9. The third-order valence-electron chi connectivity index (χ3n) is 13.6. The highest BCUT2D eigenvalue weighted by Gasteiger charge is 2.38. The van der Waals surface area contributed by atoms with Gasteiger partial charge in [-0.25, -0.2) is 4.90 Å². The van der Waals surface area contributed by atoms with E-state index in [-0.39, 0.29) is 11.8 Å². The van der Waals surface area contributed by atoms with Gasteiger partial charge in [0.2, 0.25) is 0 Å². The molecule has 1 aliphatic rings. The maximum Gasteiger partial charge on any atom is 0.266 e. The zero-order valence-electron chi connectivity index (χ0n) is 39.7. The predicted octanol–water partition coefficient (Wildman–Crippen LogP) is 16.2. The molecule has 11 aromatic rings. The van der Waals surface area contributed by atoms with Crippen LogP contribution in [0.1, 0.15) is 43.0 Å². The molecular weight excluding hydrogens is 881 g/mol. The van der Waals surface area contributed by atoms with Crippen LogP contribution < -0.4 is 14.7 Å². The first-order valence-corrected chi connectivity index (χ1v) is 24.1. The van der Waals surface area contributed by atoms with Gasteiger partial charge in [0.15, 0.2) is 0 Å². The average molecular weight is 927 g/mol. The Balaban J connectivity index is 0.931. The number of amides is 2. The maximum atomic E-state index is 13.8. The molecule has 0 aliphatic carbocycles. The van der Waals surface area contributed by atoms with Gasteiger partial charge >= 0.3 is 0 Å². The number of carbonyl (C=O) groups excluding carboxylic acids is 2. The number of anilines is 7. The maximum absolute atomic E-state index is 13.8. The minimum atomic E-state index is -0.317. The van der Waals surface area contributed by atoms with Crippen molar-refractivity contribution in [3.8, 4) is 28.7 Å². The van der Waals surface area contributed by atoms with Gasteiger partial charge in [0.05, 0.1) is 27.8 Å². The molecule has 1 aliphatic heterocycles. The molecule has 12 rings (SSSR count). The van der Waals surface area contributed by atoms with Gasteiger partial charge in [0.1, 0.15) is 0 Å². The van der Waals surface area contributed by atoms with Crippen LogP contribution in [0.4, 0.5) is 39.8 Å². The van der Waals surface area contributed by atoms with E-state index in [1.54, 1.807) is 18.2 Å². The molecule has 0 saturated carbocycles. The SMILES string of the molecule is Cc1cc(-c2cccc3c2C(=O)N(c2ccccc2)C3=O)ccc1C#Cc1ccc(-n2c3ccc(N(c4ccccc4)c4ccccc4)cc3c3cc(N(c4ccccc4)c4ccccc4)ccc32)cc1C. The van der Waals surface area contributed by atoms with E-state index in [9.17, 15) is 9.59 Å². The van der Waals surface area contributed by atoms with Crippen molar-refractivity contribution in [3.05, 3.63) is 276 Å². The van der Waals surface area contributed by atoms with Gasteiger partial charge in [-0.1, -0.05) is 127 Å². The molecule has 2 heterocycles. The van der Waals surface area contributed by atoms with E-state index in [0.717, 1.165) is 95.0 Å². The second-order valence-corrected chi connectivity index (χ2v) is 18.0. The van der Waals surface area contributed by atoms with Crippen LogP contribution in [0.15, 0.2) is 243 Å². The lowest BCUT2D eigenvalue weighted by Gasteiger charge is -2.26. The summed E-state index contributed by atoms with van der Waals surface area (Å²) in [5.74, 6) is 6.30. The van der Waals surface area contributed by atoms with Crippen molar-refractivity contribution in [2.24, 2.45) is 0 Å². The van der Waals surface area contributed by atoms with E-state index in [1.165, 1.54) is 4.90 Å². The molecule has 0 radical (unpaired) electrons. The molecule has 10 aromatic carbocycles. The topological polar surface area (TPSA) is 48.8 Å². The van der Waals surface area contributed by atoms with Gasteiger partial charge in [0, 0.05) is 61.7 Å². The fraction of sp³-hybridized carbons (Fsp3) is 0.0303. The highest BCUT2D eigenvalue weighted by Crippen LogP contribution is 2.43. The Labute approximate surface area is 418 Å². The molecule has 6 nitrogen and oxygen atoms in total. The molecule has 2 amide bonds. The summed E-state index contributed by atoms with van der Waals surface area (Å²) in [5.41, 5.74) is 16.5. The first kappa shape index (κ1) is 43.6. The summed E-state index contributed by atoms with van der Waals surface area (Å²) in [6.07, 6.45) is 0. The lowest BCUT2D eigenvalue weighted by Crippen LogP contribution is -2.29. The Hall–Kier alpha value is -9.70. The van der Waals surface area contributed by atoms with Gasteiger partial charge in [-0.3, -0.25) is 9.59 Å². The van der Waals surface area contributed by atoms with Crippen molar-refractivity contribution < 1.29 is 9.59 Å². The monoisotopic (exact) mass is 926 g/mol. The van der Waals surface area contributed by atoms with Crippen molar-refractivity contribution in [1.29, 1.82) is 0 Å². The largest absolute Gasteiger partial charge is 0.310 e. The third-order valence-corrected chi connectivity index (χ3v) is 13.6. The first-order valence-electron chi connectivity index (χ1n) is 24.1. The molecule has 0 bridgehead atoms. The highest BCUT2D eigenvalue weighted by molar-refractivity contribution is 6.36. The molecule has 1 aromatic heterocycles. The number of benzene rings is 10. The summed E-state index contributed by atoms with van der Waals surface area (Å²) in [6.45, 7) is 4.16. The number of carbonyl (C=O) groups is 2. The molecule has 0 spiro atoms. The Kier molecular flexibility index (Phi) is 11.1. The standard InChI is InChI=1S/C66H46N4O2/c1-45-41-49(58-29-18-30-59-64(58)66(72)70(65(59)71)54-27-16-7-17-28-54)34-33-47(45)31-32-48-35-36-55(42-46(48)2)69-62-39-37-56(67(50-19-8-3-9-20-50)51-21-10-4-11-22-51)43-60(62)61-44-57(38-40-63(61)69)68(52-23-12-5-13-24-52)53-25-14-6-15-26-53/h3-30,33-44H,1-2H3. The van der Waals surface area contributed by atoms with E-state index in [1.807, 2.05) is 49.4 Å². The van der Waals surface area contributed by atoms with Crippen LogP contribution in [0.2, 0.25) is 0 Å². The molecule has 0 N–H and O–H groups in total. The fourth-order valence-corrected chi connectivity index (χ4v) is 10.1. The summed E-state index contributed by atoms with van der Waals surface area (Å²) in [4.78, 5) is 33.2. The Bertz CT molecular complexity index is 3710. The number of fused-ring (bicyclic) bond motifs is 4. The summed E-state index contributed by atoms with van der Waals surface area (Å²) in [5, 5.41) is 2.26. The van der Waals surface area contributed by atoms with Crippen molar-refractivity contribution >= 4 is 73.4 Å². The lowest BCUT2D eigenvalue weighted by molar-refractivity contribution is 0.0926. The molecule has 72 heavy (non-hydrogen) atoms. The van der Waals surface area contributed by atoms with Crippen molar-refractivity contribution in [1.82, 2.24) is 4.57 Å². The van der Waals surface area contributed by atoms with Gasteiger partial charge in [-0.2, -0.15) is 0 Å². The van der Waals surface area contributed by atoms with Gasteiger partial charge < -0.3 is 14.4 Å². The Morgan fingerprint density at radius 2 is 0.806 bits per heavy atom. The summed E-state index contributed by atoms with van der Waals surface area (Å²) < 4.78 is 2.37. The normalized spacial score (nSPS) is 11.9. The van der Waals surface area contributed by atoms with E-state index in [4.69, 9.17) is 0 Å². The minimum Gasteiger partial charge on any atom is -0.310 e. The average Bonchev–Trinajstić information content (AvgIpc) is 3.89. The highest BCUT2D eigenvalue weighted by atomic mass is 16.2.